The Morgan fingerprint density at radius 1 is 1.30 bits per heavy atom. The number of urea groups is 1. The van der Waals surface area contributed by atoms with Crippen LogP contribution in [0, 0.1) is 0 Å². The highest BCUT2D eigenvalue weighted by atomic mass is 16.5. The second-order valence-electron chi connectivity index (χ2n) is 6.40. The summed E-state index contributed by atoms with van der Waals surface area (Å²) >= 11 is 0. The molecule has 3 heterocycles. The second-order valence-corrected chi connectivity index (χ2v) is 6.40. The number of carbonyl (C=O) groups excluding carboxylic acids is 1. The Hall–Kier alpha value is -2.68. The number of nitrogens with one attached hydrogen (secondary N) is 1. The van der Waals surface area contributed by atoms with Crippen molar-refractivity contribution in [2.45, 2.75) is 13.3 Å². The molecule has 1 aliphatic heterocycles. The molecule has 1 aliphatic rings. The molecule has 0 unspecified atom stereocenters. The van der Waals surface area contributed by atoms with Gasteiger partial charge in [0.2, 0.25) is 0 Å². The van der Waals surface area contributed by atoms with E-state index in [1.54, 1.807) is 24.2 Å². The van der Waals surface area contributed by atoms with Crippen LogP contribution in [0.4, 0.5) is 10.6 Å². The van der Waals surface area contributed by atoms with Crippen molar-refractivity contribution < 1.29 is 9.53 Å². The molecule has 2 aromatic rings. The van der Waals surface area contributed by atoms with Gasteiger partial charge in [-0.3, -0.25) is 9.36 Å². The lowest BCUT2D eigenvalue weighted by molar-refractivity contribution is 0.143. The number of aromatic nitrogens is 3. The van der Waals surface area contributed by atoms with E-state index in [1.165, 1.54) is 4.57 Å². The van der Waals surface area contributed by atoms with Gasteiger partial charge in [0.05, 0.1) is 0 Å². The minimum Gasteiger partial charge on any atom is -0.382 e. The molecule has 1 fully saturated rings. The van der Waals surface area contributed by atoms with Crippen molar-refractivity contribution in [1.82, 2.24) is 24.8 Å². The van der Waals surface area contributed by atoms with E-state index in [0.717, 1.165) is 6.42 Å². The third-order valence-electron chi connectivity index (χ3n) is 4.62. The first kappa shape index (κ1) is 19.1. The number of nitrogens with zero attached hydrogens (tertiary/aromatic N) is 5. The lowest BCUT2D eigenvalue weighted by atomic mass is 10.3. The predicted molar refractivity (Wildman–Crippen MR) is 103 cm³/mol. The van der Waals surface area contributed by atoms with Gasteiger partial charge in [0.1, 0.15) is 5.52 Å². The average Bonchev–Trinajstić information content (AvgIpc) is 2.70. The molecule has 0 aromatic carbocycles. The van der Waals surface area contributed by atoms with Crippen LogP contribution in [0.3, 0.4) is 0 Å². The monoisotopic (exact) mass is 374 g/mol. The first-order valence-corrected chi connectivity index (χ1v) is 9.29. The van der Waals surface area contributed by atoms with E-state index in [0.29, 0.717) is 62.9 Å². The first-order valence-electron chi connectivity index (χ1n) is 9.29. The molecule has 9 nitrogen and oxygen atoms in total. The topological polar surface area (TPSA) is 92.6 Å². The maximum atomic E-state index is 12.6. The van der Waals surface area contributed by atoms with E-state index < -0.39 is 0 Å². The summed E-state index contributed by atoms with van der Waals surface area (Å²) < 4.78 is 6.78. The number of rotatable bonds is 6. The predicted octanol–water partition coefficient (Wildman–Crippen LogP) is 0.587. The number of pyridine rings is 1. The van der Waals surface area contributed by atoms with Gasteiger partial charge in [0.25, 0.3) is 5.56 Å². The molecule has 3 rings (SSSR count). The molecular formula is C18H26N6O3. The van der Waals surface area contributed by atoms with Gasteiger partial charge in [-0.1, -0.05) is 0 Å². The van der Waals surface area contributed by atoms with Gasteiger partial charge in [-0.2, -0.15) is 0 Å². The molecule has 0 spiro atoms. The molecule has 0 atom stereocenters. The van der Waals surface area contributed by atoms with Gasteiger partial charge < -0.3 is 19.9 Å². The maximum absolute atomic E-state index is 12.6. The van der Waals surface area contributed by atoms with E-state index in [2.05, 4.69) is 15.3 Å². The van der Waals surface area contributed by atoms with Crippen LogP contribution in [0.5, 0.6) is 0 Å². The molecule has 1 saturated heterocycles. The Balaban J connectivity index is 1.59. The molecule has 0 saturated carbocycles. The minimum absolute atomic E-state index is 0.0743. The summed E-state index contributed by atoms with van der Waals surface area (Å²) in [5.41, 5.74) is 1.08. The lowest BCUT2D eigenvalue weighted by Gasteiger charge is -2.35. The molecule has 0 radical (unpaired) electrons. The number of aryl methyl sites for hydroxylation is 1. The highest BCUT2D eigenvalue weighted by Gasteiger charge is 2.24. The number of piperazine rings is 1. The van der Waals surface area contributed by atoms with Crippen molar-refractivity contribution >= 4 is 23.0 Å². The van der Waals surface area contributed by atoms with Crippen molar-refractivity contribution in [3.05, 3.63) is 28.7 Å². The molecule has 9 heteroatoms. The zero-order chi connectivity index (χ0) is 19.2. The number of hydrogen-bond donors (Lipinski definition) is 1. The molecule has 0 bridgehead atoms. The SMILES string of the molecule is CCOCCCNC(=O)N1CCN(c2nc3cccnc3n(C)c2=O)CC1. The van der Waals surface area contributed by atoms with Gasteiger partial charge in [-0.05, 0) is 25.5 Å². The summed E-state index contributed by atoms with van der Waals surface area (Å²) in [6.07, 6.45) is 2.44. The maximum Gasteiger partial charge on any atom is 0.317 e. The van der Waals surface area contributed by atoms with E-state index in [9.17, 15) is 9.59 Å². The largest absolute Gasteiger partial charge is 0.382 e. The zero-order valence-electron chi connectivity index (χ0n) is 15.8. The molecule has 2 amide bonds. The summed E-state index contributed by atoms with van der Waals surface area (Å²) in [5.74, 6) is 0.412. The summed E-state index contributed by atoms with van der Waals surface area (Å²) in [6, 6.07) is 3.57. The third kappa shape index (κ3) is 4.36. The summed E-state index contributed by atoms with van der Waals surface area (Å²) in [4.78, 5) is 37.3. The lowest BCUT2D eigenvalue weighted by Crippen LogP contribution is -2.53. The summed E-state index contributed by atoms with van der Waals surface area (Å²) in [7, 11) is 1.70. The number of ether oxygens (including phenoxy) is 1. The van der Waals surface area contributed by atoms with Crippen molar-refractivity contribution in [3.63, 3.8) is 0 Å². The molecule has 146 valence electrons. The molecular weight excluding hydrogens is 348 g/mol. The molecule has 0 aliphatic carbocycles. The normalized spacial score (nSPS) is 14.6. The van der Waals surface area contributed by atoms with E-state index in [-0.39, 0.29) is 11.6 Å². The minimum atomic E-state index is -0.171. The Bertz CT molecular complexity index is 845. The van der Waals surface area contributed by atoms with E-state index in [4.69, 9.17) is 4.74 Å². The van der Waals surface area contributed by atoms with Crippen LogP contribution in [0.25, 0.3) is 11.2 Å². The zero-order valence-corrected chi connectivity index (χ0v) is 15.8. The van der Waals surface area contributed by atoms with Gasteiger partial charge >= 0.3 is 6.03 Å². The smallest absolute Gasteiger partial charge is 0.317 e. The number of carbonyl (C=O) groups is 1. The fourth-order valence-electron chi connectivity index (χ4n) is 3.10. The van der Waals surface area contributed by atoms with Crippen molar-refractivity contribution in [3.8, 4) is 0 Å². The Morgan fingerprint density at radius 3 is 2.81 bits per heavy atom. The van der Waals surface area contributed by atoms with Gasteiger partial charge in [-0.25, -0.2) is 14.8 Å². The van der Waals surface area contributed by atoms with Crippen LogP contribution in [-0.4, -0.2) is 71.4 Å². The van der Waals surface area contributed by atoms with Crippen molar-refractivity contribution in [2.75, 3.05) is 50.8 Å². The fraction of sp³-hybridized carbons (Fsp3) is 0.556. The Labute approximate surface area is 157 Å². The van der Waals surface area contributed by atoms with Crippen LogP contribution >= 0.6 is 0 Å². The number of hydrogen-bond acceptors (Lipinski definition) is 6. The highest BCUT2D eigenvalue weighted by Crippen LogP contribution is 2.13. The van der Waals surface area contributed by atoms with E-state index >= 15 is 0 Å². The summed E-state index contributed by atoms with van der Waals surface area (Å²) in [6.45, 7) is 6.12. The van der Waals surface area contributed by atoms with Crippen LogP contribution in [0.1, 0.15) is 13.3 Å². The van der Waals surface area contributed by atoms with Crippen LogP contribution < -0.4 is 15.8 Å². The molecule has 2 aromatic heterocycles. The van der Waals surface area contributed by atoms with Gasteiger partial charge in [0.15, 0.2) is 11.5 Å². The second kappa shape index (κ2) is 8.81. The third-order valence-corrected chi connectivity index (χ3v) is 4.62. The van der Waals surface area contributed by atoms with Crippen LogP contribution in [0.2, 0.25) is 0 Å². The van der Waals surface area contributed by atoms with Crippen molar-refractivity contribution in [1.29, 1.82) is 0 Å². The number of amides is 2. The number of anilines is 1. The number of fused-ring (bicyclic) bond motifs is 1. The molecule has 27 heavy (non-hydrogen) atoms. The quantitative estimate of drug-likeness (QED) is 0.744. The standard InChI is InChI=1S/C18H26N6O3/c1-3-27-13-5-8-20-18(26)24-11-9-23(10-12-24)16-17(25)22(2)15-14(21-16)6-4-7-19-15/h4,6-7H,3,5,8-13H2,1-2H3,(H,20,26). The van der Waals surface area contributed by atoms with Gasteiger partial charge in [-0.15, -0.1) is 0 Å². The summed E-state index contributed by atoms with van der Waals surface area (Å²) in [5, 5.41) is 2.91. The average molecular weight is 374 g/mol. The van der Waals surface area contributed by atoms with E-state index in [1.807, 2.05) is 17.9 Å². The van der Waals surface area contributed by atoms with Crippen LogP contribution in [-0.2, 0) is 11.8 Å². The highest BCUT2D eigenvalue weighted by molar-refractivity contribution is 5.75. The van der Waals surface area contributed by atoms with Crippen LogP contribution in [0.15, 0.2) is 23.1 Å². The fourth-order valence-corrected chi connectivity index (χ4v) is 3.10. The molecule has 1 N–H and O–H groups in total. The van der Waals surface area contributed by atoms with Crippen molar-refractivity contribution in [2.24, 2.45) is 7.05 Å². The Morgan fingerprint density at radius 2 is 2.07 bits per heavy atom. The Kier molecular flexibility index (Phi) is 6.23. The van der Waals surface area contributed by atoms with Gasteiger partial charge in [0, 0.05) is 59.2 Å². The first-order chi connectivity index (χ1) is 13.1.